The fourth-order valence-electron chi connectivity index (χ4n) is 5.17. The van der Waals surface area contributed by atoms with Gasteiger partial charge in [0, 0.05) is 22.5 Å². The topological polar surface area (TPSA) is 26.0 Å². The third-order valence-corrected chi connectivity index (χ3v) is 6.84. The molecular weight excluding hydrogens is 416 g/mol. The first-order valence-electron chi connectivity index (χ1n) is 11.5. The van der Waals surface area contributed by atoms with Crippen molar-refractivity contribution in [2.75, 3.05) is 0 Å². The van der Waals surface area contributed by atoms with Gasteiger partial charge in [-0.2, -0.15) is 0 Å². The zero-order chi connectivity index (χ0) is 22.4. The Morgan fingerprint density at radius 3 is 2.18 bits per heavy atom. The van der Waals surface area contributed by atoms with Gasteiger partial charge in [-0.15, -0.1) is 0 Å². The highest BCUT2D eigenvalue weighted by Gasteiger charge is 2.17. The van der Waals surface area contributed by atoms with Gasteiger partial charge in [-0.05, 0) is 78.1 Å². The van der Waals surface area contributed by atoms with E-state index in [2.05, 4.69) is 23.2 Å². The minimum absolute atomic E-state index is 0.0221. The molecule has 0 N–H and O–H groups in total. The van der Waals surface area contributed by atoms with Crippen molar-refractivity contribution < 1.29 is 13.2 Å². The molecule has 164 valence electrons. The second-order valence-corrected chi connectivity index (χ2v) is 9.02. The van der Waals surface area contributed by atoms with Crippen molar-refractivity contribution in [1.82, 2.24) is 4.98 Å². The average Bonchev–Trinajstić information content (AvgIpc) is 3.46. The third-order valence-electron chi connectivity index (χ3n) is 6.84. The SMILES string of the molecule is Fc1cccc(F)c1-c1ccc2oc3ccc(-c4cc(CC5CCCC5)ccn4)cc3c2c1. The molecule has 1 saturated carbocycles. The Morgan fingerprint density at radius 2 is 1.45 bits per heavy atom. The zero-order valence-electron chi connectivity index (χ0n) is 18.2. The molecule has 3 aromatic carbocycles. The lowest BCUT2D eigenvalue weighted by Crippen LogP contribution is -1.99. The summed E-state index contributed by atoms with van der Waals surface area (Å²) in [5.74, 6) is -0.380. The van der Waals surface area contributed by atoms with Crippen molar-refractivity contribution in [1.29, 1.82) is 0 Å². The van der Waals surface area contributed by atoms with Gasteiger partial charge in [-0.3, -0.25) is 4.98 Å². The lowest BCUT2D eigenvalue weighted by Gasteiger charge is -2.10. The molecule has 2 aromatic heterocycles. The Morgan fingerprint density at radius 1 is 0.788 bits per heavy atom. The minimum atomic E-state index is -0.578. The normalized spacial score (nSPS) is 14.5. The first kappa shape index (κ1) is 20.1. The summed E-state index contributed by atoms with van der Waals surface area (Å²) in [7, 11) is 0. The summed E-state index contributed by atoms with van der Waals surface area (Å²) in [5, 5.41) is 1.73. The van der Waals surface area contributed by atoms with Gasteiger partial charge in [0.15, 0.2) is 0 Å². The predicted octanol–water partition coefficient (Wildman–Crippen LogP) is 8.33. The fourth-order valence-corrected chi connectivity index (χ4v) is 5.17. The number of hydrogen-bond acceptors (Lipinski definition) is 2. The molecule has 0 amide bonds. The number of pyridine rings is 1. The summed E-state index contributed by atoms with van der Waals surface area (Å²) < 4.78 is 34.7. The second-order valence-electron chi connectivity index (χ2n) is 9.02. The molecule has 1 aliphatic rings. The van der Waals surface area contributed by atoms with Crippen molar-refractivity contribution in [2.45, 2.75) is 32.1 Å². The van der Waals surface area contributed by atoms with E-state index < -0.39 is 11.6 Å². The molecule has 4 heteroatoms. The van der Waals surface area contributed by atoms with Crippen LogP contribution in [0.25, 0.3) is 44.3 Å². The number of furan rings is 1. The van der Waals surface area contributed by atoms with E-state index in [0.29, 0.717) is 11.1 Å². The summed E-state index contributed by atoms with van der Waals surface area (Å²) in [4.78, 5) is 4.61. The van der Waals surface area contributed by atoms with Gasteiger partial charge in [0.05, 0.1) is 11.3 Å². The molecular formula is C29H23F2NO. The standard InChI is InChI=1S/C29H23F2NO/c30-24-6-3-7-25(31)29(24)21-9-11-28-23(17-21)22-16-20(8-10-27(22)33-28)26-15-19(12-13-32-26)14-18-4-1-2-5-18/h3,6-13,15-18H,1-2,4-5,14H2. The number of hydrogen-bond donors (Lipinski definition) is 0. The van der Waals surface area contributed by atoms with Crippen molar-refractivity contribution in [3.63, 3.8) is 0 Å². The van der Waals surface area contributed by atoms with Gasteiger partial charge >= 0.3 is 0 Å². The molecule has 2 nitrogen and oxygen atoms in total. The van der Waals surface area contributed by atoms with Crippen molar-refractivity contribution >= 4 is 21.9 Å². The first-order valence-corrected chi connectivity index (χ1v) is 11.5. The summed E-state index contributed by atoms with van der Waals surface area (Å²) in [6.45, 7) is 0. The highest BCUT2D eigenvalue weighted by Crippen LogP contribution is 2.36. The molecule has 0 radical (unpaired) electrons. The molecule has 0 unspecified atom stereocenters. The van der Waals surface area contributed by atoms with E-state index in [1.54, 1.807) is 18.2 Å². The number of nitrogens with zero attached hydrogens (tertiary/aromatic N) is 1. The van der Waals surface area contributed by atoms with E-state index in [9.17, 15) is 8.78 Å². The lowest BCUT2D eigenvalue weighted by atomic mass is 9.97. The molecule has 5 aromatic rings. The van der Waals surface area contributed by atoms with Crippen LogP contribution >= 0.6 is 0 Å². The molecule has 0 atom stereocenters. The Labute approximate surface area is 190 Å². The smallest absolute Gasteiger partial charge is 0.135 e. The van der Waals surface area contributed by atoms with E-state index in [-0.39, 0.29) is 5.56 Å². The third kappa shape index (κ3) is 3.70. The van der Waals surface area contributed by atoms with E-state index >= 15 is 0 Å². The van der Waals surface area contributed by atoms with E-state index in [4.69, 9.17) is 4.42 Å². The molecule has 0 bridgehead atoms. The van der Waals surface area contributed by atoms with Gasteiger partial charge in [0.2, 0.25) is 0 Å². The van der Waals surface area contributed by atoms with Crippen LogP contribution in [-0.2, 0) is 6.42 Å². The van der Waals surface area contributed by atoms with Crippen LogP contribution in [0.5, 0.6) is 0 Å². The Bertz CT molecular complexity index is 1460. The first-order chi connectivity index (χ1) is 16.2. The minimum Gasteiger partial charge on any atom is -0.456 e. The van der Waals surface area contributed by atoms with Crippen LogP contribution in [0.2, 0.25) is 0 Å². The van der Waals surface area contributed by atoms with Crippen LogP contribution in [0.3, 0.4) is 0 Å². The average molecular weight is 440 g/mol. The number of benzene rings is 3. The van der Waals surface area contributed by atoms with Gasteiger partial charge < -0.3 is 4.42 Å². The zero-order valence-corrected chi connectivity index (χ0v) is 18.2. The van der Waals surface area contributed by atoms with Crippen LogP contribution < -0.4 is 0 Å². The molecule has 0 saturated heterocycles. The summed E-state index contributed by atoms with van der Waals surface area (Å²) in [5.41, 5.74) is 5.14. The van der Waals surface area contributed by atoms with Crippen LogP contribution in [0.15, 0.2) is 77.3 Å². The number of rotatable bonds is 4. The highest BCUT2D eigenvalue weighted by atomic mass is 19.1. The largest absolute Gasteiger partial charge is 0.456 e. The van der Waals surface area contributed by atoms with Crippen LogP contribution in [-0.4, -0.2) is 4.98 Å². The molecule has 1 aliphatic carbocycles. The van der Waals surface area contributed by atoms with Gasteiger partial charge in [-0.25, -0.2) is 8.78 Å². The predicted molar refractivity (Wildman–Crippen MR) is 128 cm³/mol. The number of fused-ring (bicyclic) bond motifs is 3. The van der Waals surface area contributed by atoms with Crippen molar-refractivity contribution in [2.24, 2.45) is 5.92 Å². The molecule has 0 aliphatic heterocycles. The van der Waals surface area contributed by atoms with E-state index in [1.165, 1.54) is 49.4 Å². The number of halogens is 2. The van der Waals surface area contributed by atoms with Crippen LogP contribution in [0.1, 0.15) is 31.2 Å². The van der Waals surface area contributed by atoms with Gasteiger partial charge in [0.25, 0.3) is 0 Å². The monoisotopic (exact) mass is 439 g/mol. The molecule has 0 spiro atoms. The highest BCUT2D eigenvalue weighted by molar-refractivity contribution is 6.07. The summed E-state index contributed by atoms with van der Waals surface area (Å²) in [6, 6.07) is 19.5. The van der Waals surface area contributed by atoms with E-state index in [0.717, 1.165) is 40.0 Å². The molecule has 1 fully saturated rings. The second kappa shape index (κ2) is 8.11. The molecule has 6 rings (SSSR count). The summed E-state index contributed by atoms with van der Waals surface area (Å²) in [6.07, 6.45) is 8.29. The van der Waals surface area contributed by atoms with Gasteiger partial charge in [0.1, 0.15) is 22.8 Å². The van der Waals surface area contributed by atoms with Crippen molar-refractivity contribution in [3.05, 3.63) is 90.1 Å². The Kier molecular flexibility index (Phi) is 4.94. The summed E-state index contributed by atoms with van der Waals surface area (Å²) >= 11 is 0. The maximum absolute atomic E-state index is 14.4. The maximum atomic E-state index is 14.4. The van der Waals surface area contributed by atoms with Crippen LogP contribution in [0, 0.1) is 17.6 Å². The fraction of sp³-hybridized carbons (Fsp3) is 0.207. The molecule has 33 heavy (non-hydrogen) atoms. The van der Waals surface area contributed by atoms with Crippen molar-refractivity contribution in [3.8, 4) is 22.4 Å². The Balaban J connectivity index is 1.43. The van der Waals surface area contributed by atoms with Crippen LogP contribution in [0.4, 0.5) is 8.78 Å². The Hall–Kier alpha value is -3.53. The quantitative estimate of drug-likeness (QED) is 0.281. The maximum Gasteiger partial charge on any atom is 0.135 e. The molecule has 2 heterocycles. The van der Waals surface area contributed by atoms with Gasteiger partial charge in [-0.1, -0.05) is 37.8 Å². The lowest BCUT2D eigenvalue weighted by molar-refractivity contribution is 0.546. The van der Waals surface area contributed by atoms with E-state index in [1.807, 2.05) is 18.3 Å². The number of aromatic nitrogens is 1.